The van der Waals surface area contributed by atoms with Gasteiger partial charge in [-0.3, -0.25) is 4.90 Å². The van der Waals surface area contributed by atoms with Crippen LogP contribution in [0.25, 0.3) is 11.4 Å². The second-order valence-corrected chi connectivity index (χ2v) is 12.3. The molecule has 3 aliphatic rings. The van der Waals surface area contributed by atoms with Crippen LogP contribution >= 0.6 is 0 Å². The quantitative estimate of drug-likeness (QED) is 0.497. The molecular formula is C30H43N7O4. The molecule has 11 heteroatoms. The first-order valence-corrected chi connectivity index (χ1v) is 14.7. The van der Waals surface area contributed by atoms with Crippen LogP contribution in [-0.2, 0) is 17.7 Å². The summed E-state index contributed by atoms with van der Waals surface area (Å²) in [6.45, 7) is 15.1. The number of carboxylic acid groups (broad SMARTS) is 1. The average molecular weight is 566 g/mol. The highest BCUT2D eigenvalue weighted by Gasteiger charge is 2.47. The molecule has 0 aliphatic carbocycles. The minimum absolute atomic E-state index is 0.0912. The van der Waals surface area contributed by atoms with E-state index in [4.69, 9.17) is 14.7 Å². The van der Waals surface area contributed by atoms with Crippen LogP contribution in [0, 0.1) is 5.41 Å². The molecule has 5 rings (SSSR count). The zero-order chi connectivity index (χ0) is 29.3. The Morgan fingerprint density at radius 2 is 1.88 bits per heavy atom. The second-order valence-electron chi connectivity index (χ2n) is 12.3. The summed E-state index contributed by atoms with van der Waals surface area (Å²) in [5, 5.41) is 15.5. The molecule has 222 valence electrons. The summed E-state index contributed by atoms with van der Waals surface area (Å²) in [6.07, 6.45) is 0.780. The molecule has 41 heavy (non-hydrogen) atoms. The van der Waals surface area contributed by atoms with E-state index < -0.39 is 6.09 Å². The molecule has 0 radical (unpaired) electrons. The van der Waals surface area contributed by atoms with Crippen molar-refractivity contribution in [1.82, 2.24) is 25.1 Å². The topological polar surface area (TPSA) is 123 Å². The lowest BCUT2D eigenvalue weighted by Gasteiger charge is -2.43. The molecular weight excluding hydrogens is 522 g/mol. The number of nitrogens with one attached hydrogen (secondary N) is 2. The van der Waals surface area contributed by atoms with Crippen molar-refractivity contribution in [3.8, 4) is 11.4 Å². The minimum atomic E-state index is -0.844. The van der Waals surface area contributed by atoms with E-state index in [9.17, 15) is 14.7 Å². The Hall–Kier alpha value is -3.44. The van der Waals surface area contributed by atoms with Crippen molar-refractivity contribution < 1.29 is 19.4 Å². The zero-order valence-electron chi connectivity index (χ0n) is 24.8. The minimum Gasteiger partial charge on any atom is -0.465 e. The Morgan fingerprint density at radius 3 is 2.54 bits per heavy atom. The number of hydrogen-bond acceptors (Lipinski definition) is 7. The maximum atomic E-state index is 12.1. The molecule has 0 saturated carbocycles. The predicted octanol–water partition coefficient (Wildman–Crippen LogP) is 4.04. The van der Waals surface area contributed by atoms with Crippen LogP contribution in [0.3, 0.4) is 0 Å². The van der Waals surface area contributed by atoms with Gasteiger partial charge >= 0.3 is 12.1 Å². The normalized spacial score (nSPS) is 23.3. The van der Waals surface area contributed by atoms with Gasteiger partial charge in [0.2, 0.25) is 0 Å². The Balaban J connectivity index is 1.48. The number of ether oxygens (including phenoxy) is 1. The maximum absolute atomic E-state index is 12.1. The summed E-state index contributed by atoms with van der Waals surface area (Å²) in [7, 11) is 0. The molecule has 3 amide bonds. The van der Waals surface area contributed by atoms with Gasteiger partial charge in [0.05, 0.1) is 31.0 Å². The first-order chi connectivity index (χ1) is 19.6. The van der Waals surface area contributed by atoms with Crippen molar-refractivity contribution in [2.24, 2.45) is 5.41 Å². The number of amides is 3. The lowest BCUT2D eigenvalue weighted by molar-refractivity contribution is 0.0581. The van der Waals surface area contributed by atoms with E-state index in [1.165, 1.54) is 5.56 Å². The molecule has 3 aliphatic heterocycles. The number of carbonyl (C=O) groups excluding carboxylic acids is 1. The molecule has 3 atom stereocenters. The van der Waals surface area contributed by atoms with E-state index in [-0.39, 0.29) is 29.6 Å². The largest absolute Gasteiger partial charge is 0.465 e. The van der Waals surface area contributed by atoms with Gasteiger partial charge in [-0.05, 0) is 56.4 Å². The molecule has 4 heterocycles. The molecule has 2 saturated heterocycles. The van der Waals surface area contributed by atoms with Crippen molar-refractivity contribution in [1.29, 1.82) is 0 Å². The highest BCUT2D eigenvalue weighted by atomic mass is 16.5. The number of fused-ring (bicyclic) bond motifs is 1. The molecule has 1 aromatic heterocycles. The van der Waals surface area contributed by atoms with Gasteiger partial charge in [0, 0.05) is 55.6 Å². The Labute approximate surface area is 242 Å². The van der Waals surface area contributed by atoms with Gasteiger partial charge in [-0.25, -0.2) is 19.6 Å². The van der Waals surface area contributed by atoms with Gasteiger partial charge in [0.15, 0.2) is 5.82 Å². The number of anilines is 2. The first kappa shape index (κ1) is 29.1. The number of nitrogens with zero attached hydrogens (tertiary/aromatic N) is 5. The van der Waals surface area contributed by atoms with Gasteiger partial charge in [0.1, 0.15) is 5.82 Å². The number of morpholine rings is 1. The summed E-state index contributed by atoms with van der Waals surface area (Å²) < 4.78 is 5.73. The summed E-state index contributed by atoms with van der Waals surface area (Å²) in [6, 6.07) is 7.60. The molecule has 1 aromatic carbocycles. The summed E-state index contributed by atoms with van der Waals surface area (Å²) in [5.41, 5.74) is 3.56. The van der Waals surface area contributed by atoms with Crippen LogP contribution < -0.4 is 15.5 Å². The number of aromatic nitrogens is 2. The van der Waals surface area contributed by atoms with Crippen LogP contribution in [0.15, 0.2) is 24.3 Å². The second kappa shape index (κ2) is 11.8. The van der Waals surface area contributed by atoms with E-state index in [2.05, 4.69) is 48.1 Å². The number of rotatable bonds is 5. The lowest BCUT2D eigenvalue weighted by atomic mass is 9.81. The number of carbonyl (C=O) groups is 2. The third-order valence-corrected chi connectivity index (χ3v) is 8.42. The van der Waals surface area contributed by atoms with Crippen LogP contribution in [0.2, 0.25) is 0 Å². The Morgan fingerprint density at radius 1 is 1.12 bits per heavy atom. The summed E-state index contributed by atoms with van der Waals surface area (Å²) >= 11 is 0. The third-order valence-electron chi connectivity index (χ3n) is 8.42. The highest BCUT2D eigenvalue weighted by molar-refractivity contribution is 5.89. The number of hydrogen-bond donors (Lipinski definition) is 3. The van der Waals surface area contributed by atoms with Crippen molar-refractivity contribution in [2.75, 3.05) is 49.6 Å². The standard InChI is InChI=1S/C30H43N7O4/c1-6-31-28(38)32-21-9-7-20(8-10-21)26-33-23-17-35(24-12-14-37(29(39)40)25(24)30(3,4)5)13-11-22(23)27(34-26)36-15-16-41-18-19(36)2/h7-10,19,24-25H,6,11-18H2,1-5H3,(H,39,40)(H2,31,32,38)/t19-,24?,25?/m0/s1. The molecule has 0 bridgehead atoms. The highest BCUT2D eigenvalue weighted by Crippen LogP contribution is 2.39. The van der Waals surface area contributed by atoms with Crippen molar-refractivity contribution >= 4 is 23.6 Å². The third kappa shape index (κ3) is 6.11. The maximum Gasteiger partial charge on any atom is 0.407 e. The molecule has 2 fully saturated rings. The Bertz CT molecular complexity index is 1260. The number of urea groups is 1. The van der Waals surface area contributed by atoms with Gasteiger partial charge in [-0.1, -0.05) is 20.8 Å². The monoisotopic (exact) mass is 565 g/mol. The molecule has 3 N–H and O–H groups in total. The smallest absolute Gasteiger partial charge is 0.407 e. The fourth-order valence-corrected chi connectivity index (χ4v) is 6.58. The lowest BCUT2D eigenvalue weighted by Crippen LogP contribution is -2.54. The molecule has 2 unspecified atom stereocenters. The van der Waals surface area contributed by atoms with Crippen molar-refractivity contribution in [2.45, 2.75) is 72.1 Å². The SMILES string of the molecule is CCNC(=O)Nc1ccc(-c2nc3c(c(N4CCOC[C@@H]4C)n2)CCN(C2CCN(C(=O)O)C2C(C)(C)C)C3)cc1. The van der Waals surface area contributed by atoms with Gasteiger partial charge in [0.25, 0.3) is 0 Å². The fourth-order valence-electron chi connectivity index (χ4n) is 6.58. The van der Waals surface area contributed by atoms with Gasteiger partial charge in [-0.2, -0.15) is 0 Å². The van der Waals surface area contributed by atoms with Gasteiger partial charge < -0.3 is 30.3 Å². The van der Waals surface area contributed by atoms with E-state index >= 15 is 0 Å². The summed E-state index contributed by atoms with van der Waals surface area (Å²) in [4.78, 5) is 40.7. The van der Waals surface area contributed by atoms with E-state index in [1.807, 2.05) is 31.2 Å². The number of benzene rings is 1. The average Bonchev–Trinajstić information content (AvgIpc) is 3.40. The first-order valence-electron chi connectivity index (χ1n) is 14.7. The van der Waals surface area contributed by atoms with Crippen LogP contribution in [0.4, 0.5) is 21.1 Å². The van der Waals surface area contributed by atoms with E-state index in [1.54, 1.807) is 4.90 Å². The summed E-state index contributed by atoms with van der Waals surface area (Å²) in [5.74, 6) is 1.62. The molecule has 0 spiro atoms. The van der Waals surface area contributed by atoms with Gasteiger partial charge in [-0.15, -0.1) is 0 Å². The van der Waals surface area contributed by atoms with Crippen LogP contribution in [0.1, 0.15) is 52.3 Å². The zero-order valence-corrected chi connectivity index (χ0v) is 24.8. The van der Waals surface area contributed by atoms with Crippen molar-refractivity contribution in [3.05, 3.63) is 35.5 Å². The fraction of sp³-hybridized carbons (Fsp3) is 0.600. The van der Waals surface area contributed by atoms with Crippen LogP contribution in [-0.4, -0.2) is 94.5 Å². The van der Waals surface area contributed by atoms with Crippen LogP contribution in [0.5, 0.6) is 0 Å². The Kier molecular flexibility index (Phi) is 8.37. The molecule has 11 nitrogen and oxygen atoms in total. The van der Waals surface area contributed by atoms with E-state index in [0.29, 0.717) is 44.4 Å². The number of likely N-dealkylation sites (tertiary alicyclic amines) is 1. The van der Waals surface area contributed by atoms with E-state index in [0.717, 1.165) is 43.0 Å². The van der Waals surface area contributed by atoms with Crippen molar-refractivity contribution in [3.63, 3.8) is 0 Å². The molecule has 2 aromatic rings. The predicted molar refractivity (Wildman–Crippen MR) is 158 cm³/mol.